The van der Waals surface area contributed by atoms with Gasteiger partial charge in [0.05, 0.1) is 0 Å². The molecule has 0 bridgehead atoms. The van der Waals surface area contributed by atoms with Gasteiger partial charge in [-0.25, -0.2) is 4.98 Å². The zero-order valence-electron chi connectivity index (χ0n) is 19.4. The highest BCUT2D eigenvalue weighted by molar-refractivity contribution is 5.85. The lowest BCUT2D eigenvalue weighted by atomic mass is 10.1. The van der Waals surface area contributed by atoms with E-state index in [1.807, 2.05) is 30.6 Å². The number of piperazine rings is 1. The SMILES string of the molecule is c1ccc(-n2cnc3c(NC4CC4)nc(N4CCN(Cc5ccc6c(c5)OCO6)CC4)nc32)cc1. The van der Waals surface area contributed by atoms with Gasteiger partial charge in [0.2, 0.25) is 12.7 Å². The van der Waals surface area contributed by atoms with Crippen LogP contribution in [0.1, 0.15) is 18.4 Å². The van der Waals surface area contributed by atoms with Gasteiger partial charge in [-0.3, -0.25) is 9.47 Å². The van der Waals surface area contributed by atoms with Crippen LogP contribution < -0.4 is 19.7 Å². The van der Waals surface area contributed by atoms with Crippen molar-refractivity contribution in [3.63, 3.8) is 0 Å². The lowest BCUT2D eigenvalue weighted by Gasteiger charge is -2.34. The fraction of sp³-hybridized carbons (Fsp3) is 0.346. The molecule has 35 heavy (non-hydrogen) atoms. The van der Waals surface area contributed by atoms with E-state index in [9.17, 15) is 0 Å². The molecule has 0 unspecified atom stereocenters. The third kappa shape index (κ3) is 4.01. The Morgan fingerprint density at radius 1 is 0.914 bits per heavy atom. The molecule has 2 aliphatic heterocycles. The number of hydrogen-bond acceptors (Lipinski definition) is 8. The Morgan fingerprint density at radius 2 is 1.74 bits per heavy atom. The number of benzene rings is 2. The van der Waals surface area contributed by atoms with Gasteiger partial charge >= 0.3 is 0 Å². The fourth-order valence-corrected chi connectivity index (χ4v) is 4.73. The van der Waals surface area contributed by atoms with Crippen LogP contribution in [-0.2, 0) is 6.54 Å². The van der Waals surface area contributed by atoms with Crippen molar-refractivity contribution in [2.45, 2.75) is 25.4 Å². The summed E-state index contributed by atoms with van der Waals surface area (Å²) >= 11 is 0. The molecule has 2 aromatic heterocycles. The van der Waals surface area contributed by atoms with Crippen LogP contribution in [0.2, 0.25) is 0 Å². The first-order chi connectivity index (χ1) is 17.3. The van der Waals surface area contributed by atoms with Gasteiger partial charge in [-0.1, -0.05) is 24.3 Å². The minimum absolute atomic E-state index is 0.308. The van der Waals surface area contributed by atoms with Crippen molar-refractivity contribution in [2.75, 3.05) is 43.2 Å². The van der Waals surface area contributed by atoms with Crippen LogP contribution in [-0.4, -0.2) is 63.4 Å². The number of hydrogen-bond donors (Lipinski definition) is 1. The van der Waals surface area contributed by atoms with Crippen LogP contribution in [0.25, 0.3) is 16.9 Å². The van der Waals surface area contributed by atoms with Gasteiger partial charge in [-0.15, -0.1) is 0 Å². The van der Waals surface area contributed by atoms with Crippen molar-refractivity contribution in [1.82, 2.24) is 24.4 Å². The Morgan fingerprint density at radius 3 is 2.57 bits per heavy atom. The van der Waals surface area contributed by atoms with Crippen LogP contribution in [0, 0.1) is 0 Å². The molecular weight excluding hydrogens is 442 g/mol. The number of fused-ring (bicyclic) bond motifs is 2. The van der Waals surface area contributed by atoms with Crippen LogP contribution >= 0.6 is 0 Å². The third-order valence-corrected chi connectivity index (χ3v) is 6.84. The summed E-state index contributed by atoms with van der Waals surface area (Å²) in [7, 11) is 0. The van der Waals surface area contributed by atoms with Gasteiger partial charge in [-0.2, -0.15) is 9.97 Å². The van der Waals surface area contributed by atoms with Crippen molar-refractivity contribution in [1.29, 1.82) is 0 Å². The van der Waals surface area contributed by atoms with E-state index >= 15 is 0 Å². The summed E-state index contributed by atoms with van der Waals surface area (Å²) in [4.78, 5) is 19.4. The maximum absolute atomic E-state index is 5.54. The molecule has 1 aliphatic carbocycles. The lowest BCUT2D eigenvalue weighted by Crippen LogP contribution is -2.46. The van der Waals surface area contributed by atoms with E-state index in [4.69, 9.17) is 19.4 Å². The molecule has 9 heteroatoms. The molecule has 0 amide bonds. The van der Waals surface area contributed by atoms with Crippen LogP contribution in [0.5, 0.6) is 11.5 Å². The van der Waals surface area contributed by atoms with E-state index in [1.54, 1.807) is 0 Å². The Labute approximate surface area is 203 Å². The smallest absolute Gasteiger partial charge is 0.231 e. The fourth-order valence-electron chi connectivity index (χ4n) is 4.73. The topological polar surface area (TPSA) is 80.6 Å². The van der Waals surface area contributed by atoms with Gasteiger partial charge in [0, 0.05) is 44.5 Å². The van der Waals surface area contributed by atoms with Crippen molar-refractivity contribution >= 4 is 22.9 Å². The van der Waals surface area contributed by atoms with Crippen molar-refractivity contribution in [2.24, 2.45) is 0 Å². The average Bonchev–Trinajstić information content (AvgIpc) is 3.41. The summed E-state index contributed by atoms with van der Waals surface area (Å²) < 4.78 is 13.0. The summed E-state index contributed by atoms with van der Waals surface area (Å²) in [6.45, 7) is 4.83. The predicted octanol–water partition coefficient (Wildman–Crippen LogP) is 3.44. The Hall–Kier alpha value is -3.85. The molecule has 2 aromatic carbocycles. The molecule has 9 nitrogen and oxygen atoms in total. The molecule has 4 aromatic rings. The van der Waals surface area contributed by atoms with Crippen LogP contribution in [0.3, 0.4) is 0 Å². The van der Waals surface area contributed by atoms with Crippen molar-refractivity contribution in [3.05, 3.63) is 60.4 Å². The molecule has 0 radical (unpaired) electrons. The summed E-state index contributed by atoms with van der Waals surface area (Å²) in [5, 5.41) is 3.58. The first kappa shape index (κ1) is 20.5. The van der Waals surface area contributed by atoms with E-state index in [2.05, 4.69) is 48.9 Å². The first-order valence-corrected chi connectivity index (χ1v) is 12.2. The molecule has 178 valence electrons. The Kier molecular flexibility index (Phi) is 4.94. The number of aromatic nitrogens is 4. The van der Waals surface area contributed by atoms with Crippen molar-refractivity contribution in [3.8, 4) is 17.2 Å². The molecule has 2 fully saturated rings. The van der Waals surface area contributed by atoms with E-state index in [-0.39, 0.29) is 0 Å². The molecule has 1 saturated carbocycles. The normalized spacial score (nSPS) is 17.8. The first-order valence-electron chi connectivity index (χ1n) is 12.2. The van der Waals surface area contributed by atoms with E-state index < -0.39 is 0 Å². The van der Waals surface area contributed by atoms with E-state index in [0.29, 0.717) is 12.8 Å². The second-order valence-electron chi connectivity index (χ2n) is 9.36. The summed E-state index contributed by atoms with van der Waals surface area (Å²) in [5.41, 5.74) is 3.95. The van der Waals surface area contributed by atoms with Gasteiger partial charge in [0.1, 0.15) is 6.33 Å². The highest BCUT2D eigenvalue weighted by atomic mass is 16.7. The lowest BCUT2D eigenvalue weighted by molar-refractivity contribution is 0.174. The number of rotatable bonds is 6. The Bertz CT molecular complexity index is 1360. The van der Waals surface area contributed by atoms with Gasteiger partial charge in [0.25, 0.3) is 0 Å². The van der Waals surface area contributed by atoms with Gasteiger partial charge in [0.15, 0.2) is 28.5 Å². The largest absolute Gasteiger partial charge is 0.454 e. The highest BCUT2D eigenvalue weighted by Gasteiger charge is 2.26. The number of nitrogens with zero attached hydrogens (tertiary/aromatic N) is 6. The number of ether oxygens (including phenoxy) is 2. The van der Waals surface area contributed by atoms with Crippen LogP contribution in [0.4, 0.5) is 11.8 Å². The second-order valence-corrected chi connectivity index (χ2v) is 9.36. The molecule has 3 aliphatic rings. The van der Waals surface area contributed by atoms with E-state index in [0.717, 1.165) is 72.8 Å². The quantitative estimate of drug-likeness (QED) is 0.460. The molecule has 0 atom stereocenters. The number of imidazole rings is 1. The maximum Gasteiger partial charge on any atom is 0.231 e. The van der Waals surface area contributed by atoms with Crippen molar-refractivity contribution < 1.29 is 9.47 Å². The predicted molar refractivity (Wildman–Crippen MR) is 133 cm³/mol. The van der Waals surface area contributed by atoms with Gasteiger partial charge < -0.3 is 19.7 Å². The Balaban J connectivity index is 1.12. The maximum atomic E-state index is 5.54. The van der Waals surface area contributed by atoms with Crippen LogP contribution in [0.15, 0.2) is 54.9 Å². The zero-order valence-corrected chi connectivity index (χ0v) is 19.4. The monoisotopic (exact) mass is 469 g/mol. The second kappa shape index (κ2) is 8.42. The summed E-state index contributed by atoms with van der Waals surface area (Å²) in [6, 6.07) is 16.9. The standard InChI is InChI=1S/C26H27N7O2/c1-2-4-20(5-3-1)33-16-27-23-24(28-19-7-8-19)29-26(30-25(23)33)32-12-10-31(11-13-32)15-18-6-9-21-22(14-18)35-17-34-21/h1-6,9,14,16,19H,7-8,10-13,15,17H2,(H,28,29,30). The average molecular weight is 470 g/mol. The molecule has 1 saturated heterocycles. The molecular formula is C26H27N7O2. The number of anilines is 2. The van der Waals surface area contributed by atoms with Gasteiger partial charge in [-0.05, 0) is 42.7 Å². The summed E-state index contributed by atoms with van der Waals surface area (Å²) in [5.74, 6) is 3.27. The minimum atomic E-state index is 0.308. The zero-order chi connectivity index (χ0) is 23.2. The third-order valence-electron chi connectivity index (χ3n) is 6.84. The molecule has 1 N–H and O–H groups in total. The highest BCUT2D eigenvalue weighted by Crippen LogP contribution is 2.33. The van der Waals surface area contributed by atoms with E-state index in [1.165, 1.54) is 18.4 Å². The summed E-state index contributed by atoms with van der Waals surface area (Å²) in [6.07, 6.45) is 4.21. The molecule has 7 rings (SSSR count). The molecule has 0 spiro atoms. The minimum Gasteiger partial charge on any atom is -0.454 e. The molecule has 4 heterocycles. The number of nitrogens with one attached hydrogen (secondary N) is 1. The number of para-hydroxylation sites is 1.